The SMILES string of the molecule is O=C1CCCc2c1ccn2-c1ccc(Cl)cc1Cl. The number of hydrogen-bond donors (Lipinski definition) is 0. The standard InChI is InChI=1S/C14H11Cl2NO/c15-9-4-5-13(11(16)8-9)17-7-6-10-12(17)2-1-3-14(10)18/h4-8H,1-3H2. The minimum absolute atomic E-state index is 0.222. The Morgan fingerprint density at radius 1 is 1.11 bits per heavy atom. The van der Waals surface area contributed by atoms with E-state index >= 15 is 0 Å². The molecule has 3 rings (SSSR count). The van der Waals surface area contributed by atoms with Crippen LogP contribution in [-0.4, -0.2) is 10.4 Å². The van der Waals surface area contributed by atoms with Gasteiger partial charge in [0.2, 0.25) is 0 Å². The van der Waals surface area contributed by atoms with Crippen LogP contribution in [0.1, 0.15) is 28.9 Å². The number of hydrogen-bond acceptors (Lipinski definition) is 1. The number of carbonyl (C=O) groups excluding carboxylic acids is 1. The third-order valence-corrected chi connectivity index (χ3v) is 3.82. The first-order valence-electron chi connectivity index (χ1n) is 5.85. The Balaban J connectivity index is 2.15. The van der Waals surface area contributed by atoms with Crippen LogP contribution in [0.4, 0.5) is 0 Å². The minimum Gasteiger partial charge on any atom is -0.319 e. The highest BCUT2D eigenvalue weighted by Crippen LogP contribution is 2.30. The predicted octanol–water partition coefficient (Wildman–Crippen LogP) is 4.30. The van der Waals surface area contributed by atoms with Crippen LogP contribution >= 0.6 is 23.2 Å². The van der Waals surface area contributed by atoms with Crippen LogP contribution < -0.4 is 0 Å². The summed E-state index contributed by atoms with van der Waals surface area (Å²) in [7, 11) is 0. The fourth-order valence-corrected chi connectivity index (χ4v) is 2.93. The number of fused-ring (bicyclic) bond motifs is 1. The van der Waals surface area contributed by atoms with Gasteiger partial charge in [-0.1, -0.05) is 23.2 Å². The second-order valence-corrected chi connectivity index (χ2v) is 5.26. The Kier molecular flexibility index (Phi) is 2.92. The van der Waals surface area contributed by atoms with Crippen molar-refractivity contribution >= 4 is 29.0 Å². The van der Waals surface area contributed by atoms with E-state index in [1.165, 1.54) is 0 Å². The molecule has 0 bridgehead atoms. The van der Waals surface area contributed by atoms with Crippen molar-refractivity contribution in [2.24, 2.45) is 0 Å². The quantitative estimate of drug-likeness (QED) is 0.763. The molecular weight excluding hydrogens is 269 g/mol. The maximum atomic E-state index is 11.8. The lowest BCUT2D eigenvalue weighted by Crippen LogP contribution is -2.12. The Hall–Kier alpha value is -1.25. The van der Waals surface area contributed by atoms with E-state index in [2.05, 4.69) is 0 Å². The van der Waals surface area contributed by atoms with E-state index in [1.807, 2.05) is 22.9 Å². The van der Waals surface area contributed by atoms with E-state index in [0.717, 1.165) is 29.8 Å². The molecule has 0 saturated carbocycles. The van der Waals surface area contributed by atoms with Gasteiger partial charge < -0.3 is 4.57 Å². The van der Waals surface area contributed by atoms with Gasteiger partial charge in [-0.15, -0.1) is 0 Å². The maximum absolute atomic E-state index is 11.8. The van der Waals surface area contributed by atoms with Crippen molar-refractivity contribution in [3.63, 3.8) is 0 Å². The van der Waals surface area contributed by atoms with Gasteiger partial charge in [0, 0.05) is 28.9 Å². The molecule has 0 spiro atoms. The zero-order valence-electron chi connectivity index (χ0n) is 9.62. The van der Waals surface area contributed by atoms with Crippen LogP contribution in [0.2, 0.25) is 10.0 Å². The molecule has 0 saturated heterocycles. The molecule has 0 aliphatic heterocycles. The van der Waals surface area contributed by atoms with Crippen molar-refractivity contribution in [3.8, 4) is 5.69 Å². The van der Waals surface area contributed by atoms with E-state index in [0.29, 0.717) is 16.5 Å². The summed E-state index contributed by atoms with van der Waals surface area (Å²) in [5.74, 6) is 0.222. The number of nitrogens with zero attached hydrogens (tertiary/aromatic N) is 1. The first kappa shape index (κ1) is 11.8. The van der Waals surface area contributed by atoms with E-state index in [1.54, 1.807) is 12.1 Å². The molecular formula is C14H11Cl2NO. The summed E-state index contributed by atoms with van der Waals surface area (Å²) >= 11 is 12.1. The smallest absolute Gasteiger partial charge is 0.164 e. The number of rotatable bonds is 1. The third-order valence-electron chi connectivity index (χ3n) is 3.28. The minimum atomic E-state index is 0.222. The van der Waals surface area contributed by atoms with Crippen molar-refractivity contribution in [1.82, 2.24) is 4.57 Å². The number of aromatic nitrogens is 1. The first-order chi connectivity index (χ1) is 8.66. The molecule has 1 heterocycles. The van der Waals surface area contributed by atoms with Gasteiger partial charge in [0.25, 0.3) is 0 Å². The summed E-state index contributed by atoms with van der Waals surface area (Å²) in [6, 6.07) is 7.28. The highest BCUT2D eigenvalue weighted by Gasteiger charge is 2.21. The molecule has 2 nitrogen and oxygen atoms in total. The zero-order chi connectivity index (χ0) is 12.7. The largest absolute Gasteiger partial charge is 0.319 e. The van der Waals surface area contributed by atoms with E-state index < -0.39 is 0 Å². The second-order valence-electron chi connectivity index (χ2n) is 4.42. The molecule has 92 valence electrons. The number of ketones is 1. The van der Waals surface area contributed by atoms with Crippen molar-refractivity contribution in [2.75, 3.05) is 0 Å². The van der Waals surface area contributed by atoms with E-state index in [-0.39, 0.29) is 5.78 Å². The Morgan fingerprint density at radius 3 is 2.72 bits per heavy atom. The van der Waals surface area contributed by atoms with Gasteiger partial charge >= 0.3 is 0 Å². The van der Waals surface area contributed by atoms with E-state index in [4.69, 9.17) is 23.2 Å². The fraction of sp³-hybridized carbons (Fsp3) is 0.214. The average molecular weight is 280 g/mol. The van der Waals surface area contributed by atoms with Crippen LogP contribution in [0.5, 0.6) is 0 Å². The summed E-state index contributed by atoms with van der Waals surface area (Å²) < 4.78 is 1.99. The van der Waals surface area contributed by atoms with Gasteiger partial charge in [-0.2, -0.15) is 0 Å². The average Bonchev–Trinajstić information content (AvgIpc) is 2.74. The number of carbonyl (C=O) groups is 1. The molecule has 0 radical (unpaired) electrons. The Bertz CT molecular complexity index is 631. The molecule has 0 atom stereocenters. The molecule has 1 aliphatic rings. The summed E-state index contributed by atoms with van der Waals surface area (Å²) in [6.07, 6.45) is 4.36. The van der Waals surface area contributed by atoms with Crippen molar-refractivity contribution in [3.05, 3.63) is 51.8 Å². The normalized spacial score (nSPS) is 14.7. The zero-order valence-corrected chi connectivity index (χ0v) is 11.1. The molecule has 0 amide bonds. The highest BCUT2D eigenvalue weighted by atomic mass is 35.5. The summed E-state index contributed by atoms with van der Waals surface area (Å²) in [5, 5.41) is 1.21. The van der Waals surface area contributed by atoms with Crippen molar-refractivity contribution in [2.45, 2.75) is 19.3 Å². The summed E-state index contributed by atoms with van der Waals surface area (Å²) in [4.78, 5) is 11.8. The van der Waals surface area contributed by atoms with Gasteiger partial charge in [0.15, 0.2) is 5.78 Å². The molecule has 1 aliphatic carbocycles. The molecule has 0 N–H and O–H groups in total. The fourth-order valence-electron chi connectivity index (χ4n) is 2.43. The molecule has 4 heteroatoms. The van der Waals surface area contributed by atoms with Crippen LogP contribution in [0.25, 0.3) is 5.69 Å². The van der Waals surface area contributed by atoms with Crippen LogP contribution in [0, 0.1) is 0 Å². The molecule has 2 aromatic rings. The summed E-state index contributed by atoms with van der Waals surface area (Å²) in [5.41, 5.74) is 2.75. The van der Waals surface area contributed by atoms with Gasteiger partial charge in [-0.05, 0) is 37.1 Å². The molecule has 1 aromatic heterocycles. The Morgan fingerprint density at radius 2 is 1.94 bits per heavy atom. The molecule has 18 heavy (non-hydrogen) atoms. The van der Waals surface area contributed by atoms with Gasteiger partial charge in [-0.25, -0.2) is 0 Å². The van der Waals surface area contributed by atoms with Gasteiger partial charge in [0.1, 0.15) is 0 Å². The van der Waals surface area contributed by atoms with Crippen LogP contribution in [-0.2, 0) is 6.42 Å². The van der Waals surface area contributed by atoms with Crippen LogP contribution in [0.3, 0.4) is 0 Å². The lowest BCUT2D eigenvalue weighted by atomic mass is 9.97. The molecule has 0 fully saturated rings. The number of halogens is 2. The number of Topliss-reactive ketones (excluding diaryl/α,β-unsaturated/α-hetero) is 1. The second kappa shape index (κ2) is 4.45. The monoisotopic (exact) mass is 279 g/mol. The van der Waals surface area contributed by atoms with Crippen molar-refractivity contribution < 1.29 is 4.79 Å². The highest BCUT2D eigenvalue weighted by molar-refractivity contribution is 6.35. The summed E-state index contributed by atoms with van der Waals surface area (Å²) in [6.45, 7) is 0. The molecule has 1 aromatic carbocycles. The van der Waals surface area contributed by atoms with Gasteiger partial charge in [-0.3, -0.25) is 4.79 Å². The number of benzene rings is 1. The maximum Gasteiger partial charge on any atom is 0.164 e. The van der Waals surface area contributed by atoms with Crippen LogP contribution in [0.15, 0.2) is 30.5 Å². The van der Waals surface area contributed by atoms with E-state index in [9.17, 15) is 4.79 Å². The topological polar surface area (TPSA) is 22.0 Å². The predicted molar refractivity (Wildman–Crippen MR) is 73.1 cm³/mol. The lowest BCUT2D eigenvalue weighted by Gasteiger charge is -2.16. The lowest BCUT2D eigenvalue weighted by molar-refractivity contribution is 0.0972. The third kappa shape index (κ3) is 1.86. The van der Waals surface area contributed by atoms with Crippen molar-refractivity contribution in [1.29, 1.82) is 0 Å². The Labute approximate surface area is 115 Å². The first-order valence-corrected chi connectivity index (χ1v) is 6.61. The molecule has 0 unspecified atom stereocenters. The van der Waals surface area contributed by atoms with Gasteiger partial charge in [0.05, 0.1) is 10.7 Å².